The lowest BCUT2D eigenvalue weighted by molar-refractivity contribution is 0.550. The molecule has 0 aliphatic carbocycles. The molecule has 0 bridgehead atoms. The van der Waals surface area contributed by atoms with Gasteiger partial charge >= 0.3 is 0 Å². The first-order valence-electron chi connectivity index (χ1n) is 18.4. The lowest BCUT2D eigenvalue weighted by Crippen LogP contribution is -3.17. The summed E-state index contributed by atoms with van der Waals surface area (Å²) in [6.45, 7) is 75.1. The molecule has 0 aromatic carbocycles. The molecule has 1 fully saturated rings. The summed E-state index contributed by atoms with van der Waals surface area (Å²) in [6.07, 6.45) is 0. The van der Waals surface area contributed by atoms with Crippen LogP contribution >= 0.6 is 109 Å². The van der Waals surface area contributed by atoms with Gasteiger partial charge in [0.2, 0.25) is 0 Å². The molecule has 1 heterocycles. The Labute approximate surface area is 372 Å². The van der Waals surface area contributed by atoms with Crippen LogP contribution in [0.3, 0.4) is 0 Å². The Hall–Kier alpha value is 5.17. The SMILES string of the molecule is CC(C)(C)[Si](C(C)(C)C)(C(C)(C)C)[Si]1(I)[Si](I)(I)[Si](I)([Si](C(C)(C)C)(C(C)(C)C)C(C)(C)C)[Si]1(I)[Si](C(C)(C)C)(C(C)(C)C)C(C)(C)C. The van der Waals surface area contributed by atoms with Crippen LogP contribution in [0.5, 0.6) is 0 Å². The van der Waals surface area contributed by atoms with Gasteiger partial charge in [0, 0.05) is 0 Å². The molecule has 0 spiro atoms. The fourth-order valence-electron chi connectivity index (χ4n) is 17.1. The van der Waals surface area contributed by atoms with Crippen molar-refractivity contribution < 1.29 is 0 Å². The fourth-order valence-corrected chi connectivity index (χ4v) is 804. The van der Waals surface area contributed by atoms with Crippen molar-refractivity contribution in [1.82, 2.24) is 0 Å². The number of halogens is 5. The van der Waals surface area contributed by atoms with E-state index in [0.29, 0.717) is 45.3 Å². The van der Waals surface area contributed by atoms with E-state index in [-0.39, 0.29) is 0 Å². The third-order valence-corrected chi connectivity index (χ3v) is 408. The lowest BCUT2D eigenvalue weighted by Gasteiger charge is -2.90. The highest BCUT2D eigenvalue weighted by molar-refractivity contribution is 14.3. The zero-order valence-corrected chi connectivity index (χ0v) is 54.7. The quantitative estimate of drug-likeness (QED) is 0.150. The Balaban J connectivity index is 5.63. The minimum atomic E-state index is -2.26. The van der Waals surface area contributed by atoms with Crippen LogP contribution in [0.4, 0.5) is 0 Å². The van der Waals surface area contributed by atoms with Crippen LogP contribution in [0.1, 0.15) is 187 Å². The maximum Gasteiger partial charge on any atom is 0.187 e. The molecule has 0 saturated carbocycles. The van der Waals surface area contributed by atoms with Gasteiger partial charge in [-0.25, -0.2) is 0 Å². The average molecular weight is 1350 g/mol. The molecule has 288 valence electrons. The van der Waals surface area contributed by atoms with Crippen LogP contribution in [-0.2, 0) is 0 Å². The molecule has 2 atom stereocenters. The van der Waals surface area contributed by atoms with E-state index in [2.05, 4.69) is 296 Å². The molecular weight excluding hydrogens is 1260 g/mol. The van der Waals surface area contributed by atoms with Crippen molar-refractivity contribution >= 4 is 146 Å². The highest BCUT2D eigenvalue weighted by atomic mass is 127. The summed E-state index contributed by atoms with van der Waals surface area (Å²) in [5.41, 5.74) is 0. The highest BCUT2D eigenvalue weighted by Crippen LogP contribution is 2.88. The normalized spacial score (nSPS) is 28.0. The third kappa shape index (κ3) is 5.79. The highest BCUT2D eigenvalue weighted by Gasteiger charge is 3.06. The van der Waals surface area contributed by atoms with Gasteiger partial charge in [-0.1, -0.05) is 187 Å². The minimum Gasteiger partial charge on any atom is -0.128 e. The molecular formula is C36H81I5Si7. The van der Waals surface area contributed by atoms with E-state index < -0.39 is 37.2 Å². The molecule has 1 rings (SSSR count). The van der Waals surface area contributed by atoms with Crippen LogP contribution in [0, 0.1) is 0 Å². The molecule has 1 aliphatic heterocycles. The van der Waals surface area contributed by atoms with Gasteiger partial charge in [0.05, 0.1) is 22.8 Å². The maximum absolute atomic E-state index is 3.69. The molecule has 12 heteroatoms. The molecule has 0 N–H and O–H groups in total. The summed E-state index contributed by atoms with van der Waals surface area (Å²) in [6, 6.07) is 0. The first-order chi connectivity index (χ1) is 20.0. The monoisotopic (exact) mass is 1340 g/mol. The largest absolute Gasteiger partial charge is 0.187 e. The van der Waals surface area contributed by atoms with E-state index in [1.165, 1.54) is 0 Å². The molecule has 1 aliphatic rings. The topological polar surface area (TPSA) is 0 Å². The van der Waals surface area contributed by atoms with Crippen molar-refractivity contribution in [3.8, 4) is 0 Å². The van der Waals surface area contributed by atoms with Crippen molar-refractivity contribution in [3.05, 3.63) is 0 Å². The second kappa shape index (κ2) is 13.3. The van der Waals surface area contributed by atoms with Gasteiger partial charge in [-0.3, -0.25) is 0 Å². The van der Waals surface area contributed by atoms with Gasteiger partial charge in [0.15, 0.2) is 2.10 Å². The zero-order valence-electron chi connectivity index (χ0n) is 36.9. The lowest BCUT2D eigenvalue weighted by atomic mass is 10.2. The second-order valence-corrected chi connectivity index (χ2v) is 165. The molecule has 0 amide bonds. The number of hydrogen-bond acceptors (Lipinski definition) is 0. The Bertz CT molecular complexity index is 1040. The molecule has 0 nitrogen and oxygen atoms in total. The van der Waals surface area contributed by atoms with Crippen LogP contribution in [0.25, 0.3) is 0 Å². The van der Waals surface area contributed by atoms with Crippen molar-refractivity contribution in [2.24, 2.45) is 0 Å². The smallest absolute Gasteiger partial charge is 0.128 e. The van der Waals surface area contributed by atoms with Crippen LogP contribution < -0.4 is 0 Å². The minimum absolute atomic E-state index is 0.295. The predicted molar refractivity (Wildman–Crippen MR) is 288 cm³/mol. The zero-order chi connectivity index (χ0) is 40.0. The summed E-state index contributed by atoms with van der Waals surface area (Å²) in [4.78, 5) is 0. The Morgan fingerprint density at radius 2 is 0.333 bits per heavy atom. The molecule has 0 aromatic heterocycles. The van der Waals surface area contributed by atoms with E-state index in [9.17, 15) is 0 Å². The van der Waals surface area contributed by atoms with Gasteiger partial charge in [-0.05, 0) is 45.3 Å². The maximum atomic E-state index is 3.69. The number of hydrogen-bond donors (Lipinski definition) is 0. The van der Waals surface area contributed by atoms with E-state index in [1.807, 2.05) is 0 Å². The molecule has 0 radical (unpaired) electrons. The van der Waals surface area contributed by atoms with E-state index >= 15 is 0 Å². The first-order valence-corrected chi connectivity index (χ1v) is 55.0. The summed E-state index contributed by atoms with van der Waals surface area (Å²) in [7, 11) is -6.64. The molecule has 2 unspecified atom stereocenters. The molecule has 1 saturated heterocycles. The summed E-state index contributed by atoms with van der Waals surface area (Å²) < 4.78 is -8.42. The van der Waals surface area contributed by atoms with E-state index in [0.717, 1.165) is 0 Å². The second-order valence-electron chi connectivity index (χ2n) is 25.0. The van der Waals surface area contributed by atoms with Crippen molar-refractivity contribution in [2.45, 2.75) is 232 Å². The van der Waals surface area contributed by atoms with Crippen LogP contribution in [0.15, 0.2) is 0 Å². The van der Waals surface area contributed by atoms with Crippen LogP contribution in [0.2, 0.25) is 45.3 Å². The average Bonchev–Trinajstić information content (AvgIpc) is 2.63. The van der Waals surface area contributed by atoms with Gasteiger partial charge < -0.3 is 0 Å². The van der Waals surface area contributed by atoms with Gasteiger partial charge in [0.25, 0.3) is 0 Å². The Morgan fingerprint density at radius 3 is 0.438 bits per heavy atom. The Kier molecular flexibility index (Phi) is 14.2. The number of rotatable bonds is 3. The van der Waals surface area contributed by atoms with E-state index in [4.69, 9.17) is 0 Å². The van der Waals surface area contributed by atoms with Gasteiger partial charge in [0.1, 0.15) is 12.4 Å². The van der Waals surface area contributed by atoms with Crippen LogP contribution in [-0.4, -0.2) is 37.2 Å². The predicted octanol–water partition coefficient (Wildman–Crippen LogP) is 17.5. The summed E-state index contributed by atoms with van der Waals surface area (Å²) >= 11 is 17.9. The summed E-state index contributed by atoms with van der Waals surface area (Å²) in [5.74, 6) is 0. The molecule has 48 heavy (non-hydrogen) atoms. The Morgan fingerprint density at radius 1 is 0.229 bits per heavy atom. The van der Waals surface area contributed by atoms with Crippen molar-refractivity contribution in [1.29, 1.82) is 0 Å². The fraction of sp³-hybridized carbons (Fsp3) is 1.00. The van der Waals surface area contributed by atoms with Gasteiger partial charge in [-0.2, -0.15) is 0 Å². The van der Waals surface area contributed by atoms with Gasteiger partial charge in [-0.15, -0.1) is 109 Å². The van der Waals surface area contributed by atoms with E-state index in [1.54, 1.807) is 0 Å². The summed E-state index contributed by atoms with van der Waals surface area (Å²) in [5, 5.41) is 2.75. The standard InChI is InChI=1S/C36H81I5Si7/c1-28(2,3)42(29(4,5)6,30(7,8)9)46(39)45(37,38)47(40,43(31(10,11)12,32(13,14)15)33(16,17)18)48(46,41)44(34(19,20)21,35(22,23)24)36(25,26)27/h1-27H3. The third-order valence-electron chi connectivity index (χ3n) is 13.5. The van der Waals surface area contributed by atoms with Crippen molar-refractivity contribution in [2.75, 3.05) is 0 Å². The van der Waals surface area contributed by atoms with Crippen molar-refractivity contribution in [3.63, 3.8) is 0 Å². The first kappa shape index (κ1) is 51.2. The molecule has 0 aromatic rings.